The minimum atomic E-state index is 0.167. The monoisotopic (exact) mass is 254 g/mol. The van der Waals surface area contributed by atoms with Gasteiger partial charge in [0.1, 0.15) is 5.82 Å². The van der Waals surface area contributed by atoms with Gasteiger partial charge in [0.15, 0.2) is 0 Å². The molecule has 1 aromatic heterocycles. The molecule has 2 unspecified atom stereocenters. The molecule has 0 saturated heterocycles. The molecule has 1 rings (SSSR count). The van der Waals surface area contributed by atoms with Gasteiger partial charge in [-0.05, 0) is 19.9 Å². The lowest BCUT2D eigenvalue weighted by atomic mass is 9.88. The molecule has 1 aromatic rings. The van der Waals surface area contributed by atoms with Crippen molar-refractivity contribution >= 4 is 0 Å². The summed E-state index contributed by atoms with van der Waals surface area (Å²) in [6.45, 7) is 6.38. The number of likely N-dealkylation sites (N-methyl/N-ethyl adjacent to an activating group) is 1. The Morgan fingerprint density at radius 1 is 0.944 bits per heavy atom. The molecule has 0 radical (unpaired) electrons. The van der Waals surface area contributed by atoms with E-state index in [4.69, 9.17) is 9.47 Å². The first-order valence-corrected chi connectivity index (χ1v) is 6.04. The number of methoxy groups -OCH3 is 2. The summed E-state index contributed by atoms with van der Waals surface area (Å²) in [5.41, 5.74) is 0. The van der Waals surface area contributed by atoms with E-state index in [0.717, 1.165) is 0 Å². The van der Waals surface area contributed by atoms with Gasteiger partial charge in [-0.2, -0.15) is 9.97 Å². The Balaban J connectivity index is 3.18. The summed E-state index contributed by atoms with van der Waals surface area (Å²) in [5, 5.41) is 3.24. The second-order valence-corrected chi connectivity index (χ2v) is 4.51. The molecular formula is C12H22N4O2. The standard InChI is InChI=1S/C12H22N4O2/c1-7(2)9(8(3)13-4)10-14-11(17-5)16-12(15-10)18-6/h7-9,13H,1-6H3. The van der Waals surface area contributed by atoms with Crippen LogP contribution in [0.5, 0.6) is 12.0 Å². The fraction of sp³-hybridized carbons (Fsp3) is 0.750. The van der Waals surface area contributed by atoms with Gasteiger partial charge in [0.2, 0.25) is 0 Å². The van der Waals surface area contributed by atoms with Crippen molar-refractivity contribution in [1.29, 1.82) is 0 Å². The van der Waals surface area contributed by atoms with Gasteiger partial charge in [0.05, 0.1) is 14.2 Å². The molecule has 0 spiro atoms. The number of nitrogens with zero attached hydrogens (tertiary/aromatic N) is 3. The summed E-state index contributed by atoms with van der Waals surface area (Å²) < 4.78 is 10.2. The van der Waals surface area contributed by atoms with Crippen molar-refractivity contribution in [2.75, 3.05) is 21.3 Å². The number of ether oxygens (including phenoxy) is 2. The second kappa shape index (κ2) is 6.49. The molecule has 0 saturated carbocycles. The normalized spacial score (nSPS) is 14.4. The Morgan fingerprint density at radius 2 is 1.44 bits per heavy atom. The average molecular weight is 254 g/mol. The van der Waals surface area contributed by atoms with Crippen molar-refractivity contribution in [2.45, 2.75) is 32.7 Å². The van der Waals surface area contributed by atoms with E-state index in [2.05, 4.69) is 41.0 Å². The molecule has 6 heteroatoms. The van der Waals surface area contributed by atoms with Crippen molar-refractivity contribution in [3.05, 3.63) is 5.82 Å². The molecule has 0 aliphatic rings. The number of hydrogen-bond donors (Lipinski definition) is 1. The van der Waals surface area contributed by atoms with Crippen molar-refractivity contribution in [1.82, 2.24) is 20.3 Å². The molecule has 0 aromatic carbocycles. The van der Waals surface area contributed by atoms with E-state index in [0.29, 0.717) is 11.7 Å². The van der Waals surface area contributed by atoms with Crippen molar-refractivity contribution in [3.63, 3.8) is 0 Å². The van der Waals surface area contributed by atoms with E-state index >= 15 is 0 Å². The van der Waals surface area contributed by atoms with E-state index in [1.165, 1.54) is 14.2 Å². The Labute approximate surface area is 108 Å². The third-order valence-electron chi connectivity index (χ3n) is 2.99. The molecular weight excluding hydrogens is 232 g/mol. The number of aromatic nitrogens is 3. The minimum Gasteiger partial charge on any atom is -0.467 e. The van der Waals surface area contributed by atoms with E-state index in [1.54, 1.807) is 0 Å². The van der Waals surface area contributed by atoms with Crippen LogP contribution in [0.4, 0.5) is 0 Å². The van der Waals surface area contributed by atoms with Crippen LogP contribution in [0.15, 0.2) is 0 Å². The Hall–Kier alpha value is -1.43. The van der Waals surface area contributed by atoms with Crippen molar-refractivity contribution in [3.8, 4) is 12.0 Å². The van der Waals surface area contributed by atoms with Crippen LogP contribution in [0.25, 0.3) is 0 Å². The zero-order chi connectivity index (χ0) is 13.7. The fourth-order valence-electron chi connectivity index (χ4n) is 1.96. The average Bonchev–Trinajstić information content (AvgIpc) is 2.37. The number of hydrogen-bond acceptors (Lipinski definition) is 6. The van der Waals surface area contributed by atoms with Gasteiger partial charge < -0.3 is 14.8 Å². The molecule has 0 aliphatic heterocycles. The zero-order valence-electron chi connectivity index (χ0n) is 11.9. The first-order chi connectivity index (χ1) is 8.53. The lowest BCUT2D eigenvalue weighted by Gasteiger charge is -2.25. The molecule has 1 N–H and O–H groups in total. The quantitative estimate of drug-likeness (QED) is 0.823. The van der Waals surface area contributed by atoms with E-state index in [9.17, 15) is 0 Å². The van der Waals surface area contributed by atoms with Gasteiger partial charge >= 0.3 is 12.0 Å². The first kappa shape index (κ1) is 14.6. The van der Waals surface area contributed by atoms with E-state index in [1.807, 2.05) is 7.05 Å². The molecule has 6 nitrogen and oxygen atoms in total. The largest absolute Gasteiger partial charge is 0.467 e. The van der Waals surface area contributed by atoms with Crippen LogP contribution in [-0.2, 0) is 0 Å². The Morgan fingerprint density at radius 3 is 1.78 bits per heavy atom. The molecule has 0 amide bonds. The van der Waals surface area contributed by atoms with E-state index < -0.39 is 0 Å². The van der Waals surface area contributed by atoms with Crippen LogP contribution < -0.4 is 14.8 Å². The van der Waals surface area contributed by atoms with Gasteiger partial charge in [0, 0.05) is 12.0 Å². The minimum absolute atomic E-state index is 0.167. The maximum absolute atomic E-state index is 5.08. The highest BCUT2D eigenvalue weighted by Crippen LogP contribution is 2.27. The maximum atomic E-state index is 5.08. The first-order valence-electron chi connectivity index (χ1n) is 6.04. The highest BCUT2D eigenvalue weighted by atomic mass is 16.5. The summed E-state index contributed by atoms with van der Waals surface area (Å²) in [4.78, 5) is 12.7. The predicted octanol–water partition coefficient (Wildman–Crippen LogP) is 1.24. The number of rotatable bonds is 6. The van der Waals surface area contributed by atoms with Crippen LogP contribution in [0.2, 0.25) is 0 Å². The Bertz CT molecular complexity index is 362. The third kappa shape index (κ3) is 3.29. The second-order valence-electron chi connectivity index (χ2n) is 4.51. The summed E-state index contributed by atoms with van der Waals surface area (Å²) in [5.74, 6) is 1.25. The van der Waals surface area contributed by atoms with Crippen LogP contribution in [-0.4, -0.2) is 42.3 Å². The maximum Gasteiger partial charge on any atom is 0.322 e. The van der Waals surface area contributed by atoms with Crippen LogP contribution in [0.1, 0.15) is 32.5 Å². The van der Waals surface area contributed by atoms with Crippen molar-refractivity contribution in [2.24, 2.45) is 5.92 Å². The lowest BCUT2D eigenvalue weighted by Crippen LogP contribution is -2.33. The summed E-state index contributed by atoms with van der Waals surface area (Å²) >= 11 is 0. The highest BCUT2D eigenvalue weighted by Gasteiger charge is 2.26. The van der Waals surface area contributed by atoms with E-state index in [-0.39, 0.29) is 24.0 Å². The molecule has 0 bridgehead atoms. The van der Waals surface area contributed by atoms with Gasteiger partial charge in [-0.3, -0.25) is 0 Å². The predicted molar refractivity (Wildman–Crippen MR) is 69.0 cm³/mol. The highest BCUT2D eigenvalue weighted by molar-refractivity contribution is 5.11. The molecule has 2 atom stereocenters. The lowest BCUT2D eigenvalue weighted by molar-refractivity contribution is 0.319. The third-order valence-corrected chi connectivity index (χ3v) is 2.99. The van der Waals surface area contributed by atoms with Gasteiger partial charge in [0.25, 0.3) is 0 Å². The SMILES string of the molecule is CNC(C)C(c1nc(OC)nc(OC)n1)C(C)C. The summed E-state index contributed by atoms with van der Waals surface area (Å²) in [7, 11) is 4.99. The molecule has 0 aliphatic carbocycles. The van der Waals surface area contributed by atoms with Crippen LogP contribution >= 0.6 is 0 Å². The molecule has 102 valence electrons. The van der Waals surface area contributed by atoms with Crippen LogP contribution in [0.3, 0.4) is 0 Å². The van der Waals surface area contributed by atoms with Crippen molar-refractivity contribution < 1.29 is 9.47 Å². The van der Waals surface area contributed by atoms with Gasteiger partial charge in [-0.25, -0.2) is 0 Å². The zero-order valence-corrected chi connectivity index (χ0v) is 11.9. The number of nitrogens with one attached hydrogen (secondary N) is 1. The molecule has 0 fully saturated rings. The summed E-state index contributed by atoms with van der Waals surface area (Å²) in [6.07, 6.45) is 0. The summed E-state index contributed by atoms with van der Waals surface area (Å²) in [6, 6.07) is 0.818. The topological polar surface area (TPSA) is 69.2 Å². The van der Waals surface area contributed by atoms with Gasteiger partial charge in [-0.15, -0.1) is 4.98 Å². The molecule has 1 heterocycles. The Kier molecular flexibility index (Phi) is 5.27. The fourth-order valence-corrected chi connectivity index (χ4v) is 1.96. The smallest absolute Gasteiger partial charge is 0.322 e. The molecule has 18 heavy (non-hydrogen) atoms. The van der Waals surface area contributed by atoms with Crippen LogP contribution in [0, 0.1) is 5.92 Å². The van der Waals surface area contributed by atoms with Gasteiger partial charge in [-0.1, -0.05) is 13.8 Å².